The van der Waals surface area contributed by atoms with Crippen LogP contribution in [0.1, 0.15) is 38.8 Å². The van der Waals surface area contributed by atoms with Crippen LogP contribution in [0.15, 0.2) is 18.2 Å². The van der Waals surface area contributed by atoms with Gasteiger partial charge in [0.25, 0.3) is 5.69 Å². The molecule has 1 aromatic carbocycles. The van der Waals surface area contributed by atoms with E-state index >= 15 is 0 Å². The Morgan fingerprint density at radius 1 is 1.43 bits per heavy atom. The summed E-state index contributed by atoms with van der Waals surface area (Å²) in [7, 11) is 0. The zero-order valence-electron chi connectivity index (χ0n) is 12.8. The summed E-state index contributed by atoms with van der Waals surface area (Å²) in [4.78, 5) is 33.0. The molecule has 126 valence electrons. The Hall–Kier alpha value is -2.35. The lowest BCUT2D eigenvalue weighted by Crippen LogP contribution is -2.35. The second-order valence-corrected chi connectivity index (χ2v) is 6.17. The number of carboxylic acid groups (broad SMARTS) is 1. The van der Waals surface area contributed by atoms with Gasteiger partial charge in [0, 0.05) is 6.07 Å². The number of nitro benzene ring substituents is 1. The maximum absolute atomic E-state index is 11.8. The van der Waals surface area contributed by atoms with Crippen LogP contribution in [0.25, 0.3) is 0 Å². The summed E-state index contributed by atoms with van der Waals surface area (Å²) in [6, 6.07) is 2.84. The standard InChI is InChI=1S/C14H17ClN2O6/c1-14(2,3)23-13(20)16-10(7-12(18)19)8-4-5-9(15)11(6-8)17(21)22/h4-6,10H,7H2,1-3H3,(H,16,20)(H,18,19)/t10-/m1/s1. The summed E-state index contributed by atoms with van der Waals surface area (Å²) < 4.78 is 5.07. The van der Waals surface area contributed by atoms with Gasteiger partial charge in [0.15, 0.2) is 0 Å². The molecule has 0 saturated heterocycles. The van der Waals surface area contributed by atoms with Crippen molar-refractivity contribution in [3.8, 4) is 0 Å². The monoisotopic (exact) mass is 344 g/mol. The van der Waals surface area contributed by atoms with Crippen molar-refractivity contribution in [2.45, 2.75) is 38.8 Å². The van der Waals surface area contributed by atoms with Crippen LogP contribution in [0.5, 0.6) is 0 Å². The number of nitrogens with zero attached hydrogens (tertiary/aromatic N) is 1. The third-order valence-corrected chi connectivity index (χ3v) is 2.96. The molecule has 0 bridgehead atoms. The van der Waals surface area contributed by atoms with E-state index < -0.39 is 35.0 Å². The number of rotatable bonds is 5. The lowest BCUT2D eigenvalue weighted by Gasteiger charge is -2.23. The molecular formula is C14H17ClN2O6. The second-order valence-electron chi connectivity index (χ2n) is 5.76. The van der Waals surface area contributed by atoms with Crippen molar-refractivity contribution in [2.24, 2.45) is 0 Å². The van der Waals surface area contributed by atoms with Gasteiger partial charge in [-0.1, -0.05) is 17.7 Å². The number of halogens is 1. The smallest absolute Gasteiger partial charge is 0.408 e. The first-order valence-electron chi connectivity index (χ1n) is 6.65. The highest BCUT2D eigenvalue weighted by atomic mass is 35.5. The van der Waals surface area contributed by atoms with Crippen molar-refractivity contribution in [2.75, 3.05) is 0 Å². The minimum Gasteiger partial charge on any atom is -0.481 e. The van der Waals surface area contributed by atoms with Crippen LogP contribution in [0.4, 0.5) is 10.5 Å². The van der Waals surface area contributed by atoms with Crippen LogP contribution < -0.4 is 5.32 Å². The van der Waals surface area contributed by atoms with Gasteiger partial charge in [0.05, 0.1) is 17.4 Å². The Labute approximate surface area is 137 Å². The number of nitro groups is 1. The molecule has 0 unspecified atom stereocenters. The van der Waals surface area contributed by atoms with Crippen LogP contribution in [-0.4, -0.2) is 27.7 Å². The number of carboxylic acids is 1. The van der Waals surface area contributed by atoms with Gasteiger partial charge in [-0.2, -0.15) is 0 Å². The first-order valence-corrected chi connectivity index (χ1v) is 7.02. The van der Waals surface area contributed by atoms with E-state index in [2.05, 4.69) is 5.32 Å². The highest BCUT2D eigenvalue weighted by Crippen LogP contribution is 2.29. The van der Waals surface area contributed by atoms with E-state index in [9.17, 15) is 19.7 Å². The SMILES string of the molecule is CC(C)(C)OC(=O)N[C@H](CC(=O)O)c1ccc(Cl)c([N+](=O)[O-])c1. The Balaban J connectivity index is 3.07. The number of alkyl carbamates (subject to hydrolysis) is 1. The van der Waals surface area contributed by atoms with Crippen LogP contribution in [0.3, 0.4) is 0 Å². The Morgan fingerprint density at radius 2 is 2.04 bits per heavy atom. The molecule has 8 nitrogen and oxygen atoms in total. The lowest BCUT2D eigenvalue weighted by molar-refractivity contribution is -0.384. The fourth-order valence-corrected chi connectivity index (χ4v) is 1.95. The molecule has 23 heavy (non-hydrogen) atoms. The number of hydrogen-bond acceptors (Lipinski definition) is 5. The third-order valence-electron chi connectivity index (χ3n) is 2.64. The largest absolute Gasteiger partial charge is 0.481 e. The molecule has 1 aromatic rings. The lowest BCUT2D eigenvalue weighted by atomic mass is 10.0. The van der Waals surface area contributed by atoms with Crippen molar-refractivity contribution in [3.63, 3.8) is 0 Å². The molecule has 0 aliphatic rings. The molecule has 0 radical (unpaired) electrons. The quantitative estimate of drug-likeness (QED) is 0.624. The predicted molar refractivity (Wildman–Crippen MR) is 82.5 cm³/mol. The minimum absolute atomic E-state index is 0.0786. The predicted octanol–water partition coefficient (Wildman–Crippen LogP) is 3.29. The molecule has 9 heteroatoms. The zero-order chi connectivity index (χ0) is 17.8. The highest BCUT2D eigenvalue weighted by molar-refractivity contribution is 6.32. The molecule has 0 fully saturated rings. The van der Waals surface area contributed by atoms with Gasteiger partial charge in [0.2, 0.25) is 0 Å². The number of amides is 1. The second kappa shape index (κ2) is 7.28. The number of benzene rings is 1. The van der Waals surface area contributed by atoms with Gasteiger partial charge in [-0.25, -0.2) is 4.79 Å². The average Bonchev–Trinajstić information content (AvgIpc) is 2.35. The summed E-state index contributed by atoms with van der Waals surface area (Å²) in [5, 5.41) is 22.2. The molecule has 1 rings (SSSR count). The molecule has 0 spiro atoms. The molecule has 0 saturated carbocycles. The molecule has 2 N–H and O–H groups in total. The normalized spacial score (nSPS) is 12.3. The van der Waals surface area contributed by atoms with Crippen molar-refractivity contribution < 1.29 is 24.4 Å². The molecule has 0 heterocycles. The minimum atomic E-state index is -1.18. The first kappa shape index (κ1) is 18.7. The number of ether oxygens (including phenoxy) is 1. The van der Waals surface area contributed by atoms with Crippen LogP contribution in [-0.2, 0) is 9.53 Å². The molecule has 0 aliphatic carbocycles. The van der Waals surface area contributed by atoms with Crippen molar-refractivity contribution in [1.29, 1.82) is 0 Å². The highest BCUT2D eigenvalue weighted by Gasteiger charge is 2.24. The number of nitrogens with one attached hydrogen (secondary N) is 1. The van der Waals surface area contributed by atoms with E-state index in [0.717, 1.165) is 6.07 Å². The average molecular weight is 345 g/mol. The zero-order valence-corrected chi connectivity index (χ0v) is 13.6. The van der Waals surface area contributed by atoms with Crippen LogP contribution >= 0.6 is 11.6 Å². The topological polar surface area (TPSA) is 119 Å². The summed E-state index contributed by atoms with van der Waals surface area (Å²) in [5.74, 6) is -1.18. The van der Waals surface area contributed by atoms with E-state index in [0.29, 0.717) is 0 Å². The van der Waals surface area contributed by atoms with Gasteiger partial charge in [-0.15, -0.1) is 0 Å². The summed E-state index contributed by atoms with van der Waals surface area (Å²) in [6.45, 7) is 4.98. The molecule has 0 aromatic heterocycles. The number of aliphatic carboxylic acids is 1. The van der Waals surface area contributed by atoms with Gasteiger partial charge >= 0.3 is 12.1 Å². The van der Waals surface area contributed by atoms with Gasteiger partial charge in [-0.05, 0) is 32.4 Å². The van der Waals surface area contributed by atoms with E-state index in [4.69, 9.17) is 21.4 Å². The summed E-state index contributed by atoms with van der Waals surface area (Å²) in [6.07, 6.45) is -1.28. The van der Waals surface area contributed by atoms with Gasteiger partial charge in [0.1, 0.15) is 10.6 Å². The van der Waals surface area contributed by atoms with E-state index in [1.54, 1.807) is 20.8 Å². The van der Waals surface area contributed by atoms with Gasteiger partial charge < -0.3 is 15.2 Å². The maximum Gasteiger partial charge on any atom is 0.408 e. The Bertz CT molecular complexity index is 626. The molecule has 0 aliphatic heterocycles. The van der Waals surface area contributed by atoms with E-state index in [1.165, 1.54) is 12.1 Å². The van der Waals surface area contributed by atoms with Crippen molar-refractivity contribution >= 4 is 29.4 Å². The Kier molecular flexibility index (Phi) is 5.91. The fourth-order valence-electron chi connectivity index (χ4n) is 1.76. The fraction of sp³-hybridized carbons (Fsp3) is 0.429. The number of hydrogen-bond donors (Lipinski definition) is 2. The van der Waals surface area contributed by atoms with Gasteiger partial charge in [-0.3, -0.25) is 14.9 Å². The first-order chi connectivity index (χ1) is 10.5. The summed E-state index contributed by atoms with van der Waals surface area (Å²) >= 11 is 5.72. The third kappa shape index (κ3) is 6.11. The Morgan fingerprint density at radius 3 is 2.52 bits per heavy atom. The molecular weight excluding hydrogens is 328 g/mol. The van der Waals surface area contributed by atoms with E-state index in [1.807, 2.05) is 0 Å². The molecule has 1 amide bonds. The number of carbonyl (C=O) groups is 2. The van der Waals surface area contributed by atoms with Crippen molar-refractivity contribution in [1.82, 2.24) is 5.32 Å². The van der Waals surface area contributed by atoms with Crippen LogP contribution in [0.2, 0.25) is 5.02 Å². The summed E-state index contributed by atoms with van der Waals surface area (Å²) in [5.41, 5.74) is -0.885. The number of carbonyl (C=O) groups excluding carboxylic acids is 1. The maximum atomic E-state index is 11.8. The van der Waals surface area contributed by atoms with Crippen LogP contribution in [0, 0.1) is 10.1 Å². The van der Waals surface area contributed by atoms with E-state index in [-0.39, 0.29) is 16.3 Å². The molecule has 1 atom stereocenters. The van der Waals surface area contributed by atoms with Crippen molar-refractivity contribution in [3.05, 3.63) is 38.9 Å².